The molecule has 0 fully saturated rings. The van der Waals surface area contributed by atoms with Gasteiger partial charge in [-0.3, -0.25) is 0 Å². The molecule has 0 atom stereocenters. The molecule has 0 N–H and O–H groups in total. The second-order valence-electron chi connectivity index (χ2n) is 3.09. The summed E-state index contributed by atoms with van der Waals surface area (Å²) in [6, 6.07) is 0.645. The molecule has 6 nitrogen and oxygen atoms in total. The Balaban J connectivity index is 3.62. The molecule has 0 aliphatic heterocycles. The molecule has 0 aromatic carbocycles. The van der Waals surface area contributed by atoms with Gasteiger partial charge in [-0.2, -0.15) is 0 Å². The van der Waals surface area contributed by atoms with Crippen LogP contribution in [0.2, 0.25) is 6.04 Å². The van der Waals surface area contributed by atoms with Crippen molar-refractivity contribution in [2.45, 2.75) is 12.5 Å². The molecule has 0 radical (unpaired) electrons. The van der Waals surface area contributed by atoms with E-state index in [1.165, 1.54) is 0 Å². The highest BCUT2D eigenvalue weighted by atomic mass is 28.4. The van der Waals surface area contributed by atoms with Crippen molar-refractivity contribution in [1.82, 2.24) is 0 Å². The monoisotopic (exact) mass is 264 g/mol. The normalized spacial score (nSPS) is 11.2. The first-order chi connectivity index (χ1) is 8.14. The number of carbonyl (C=O) groups excluding carboxylic acids is 1. The van der Waals surface area contributed by atoms with Gasteiger partial charge in [-0.25, -0.2) is 4.79 Å². The second-order valence-corrected chi connectivity index (χ2v) is 6.18. The number of hydrogen-bond acceptors (Lipinski definition) is 6. The minimum atomic E-state index is -2.51. The van der Waals surface area contributed by atoms with E-state index < -0.39 is 14.8 Å². The summed E-state index contributed by atoms with van der Waals surface area (Å²) in [5, 5.41) is 0. The van der Waals surface area contributed by atoms with E-state index in [4.69, 9.17) is 18.0 Å². The number of rotatable bonds is 10. The summed E-state index contributed by atoms with van der Waals surface area (Å²) in [4.78, 5) is 10.7. The van der Waals surface area contributed by atoms with Crippen molar-refractivity contribution in [1.29, 1.82) is 0 Å². The molecule has 0 bridgehead atoms. The zero-order chi connectivity index (χ0) is 13.1. The minimum absolute atomic E-state index is 0.0770. The van der Waals surface area contributed by atoms with Crippen molar-refractivity contribution in [3.8, 4) is 0 Å². The molecule has 0 spiro atoms. The van der Waals surface area contributed by atoms with Crippen LogP contribution < -0.4 is 0 Å². The maximum atomic E-state index is 10.7. The van der Waals surface area contributed by atoms with Gasteiger partial charge in [0, 0.05) is 33.4 Å². The Bertz CT molecular complexity index is 221. The molecular weight excluding hydrogens is 244 g/mol. The van der Waals surface area contributed by atoms with Crippen LogP contribution in [0, 0.1) is 0 Å². The van der Waals surface area contributed by atoms with Crippen molar-refractivity contribution in [2.24, 2.45) is 0 Å². The first kappa shape index (κ1) is 16.3. The van der Waals surface area contributed by atoms with Crippen molar-refractivity contribution in [3.05, 3.63) is 12.7 Å². The Labute approximate surface area is 103 Å². The molecule has 0 heterocycles. The van der Waals surface area contributed by atoms with E-state index in [0.717, 1.165) is 6.08 Å². The largest absolute Gasteiger partial charge is 0.500 e. The van der Waals surface area contributed by atoms with Crippen molar-refractivity contribution in [2.75, 3.05) is 34.7 Å². The van der Waals surface area contributed by atoms with Crippen LogP contribution in [0.1, 0.15) is 6.42 Å². The molecular formula is C10H20O6Si. The van der Waals surface area contributed by atoms with Crippen LogP contribution in [-0.4, -0.2) is 49.5 Å². The fraction of sp³-hybridized carbons (Fsp3) is 0.700. The Morgan fingerprint density at radius 3 is 2.29 bits per heavy atom. The van der Waals surface area contributed by atoms with Gasteiger partial charge < -0.3 is 22.8 Å². The Morgan fingerprint density at radius 1 is 1.24 bits per heavy atom. The highest BCUT2D eigenvalue weighted by Gasteiger charge is 2.36. The molecule has 0 rings (SSSR count). The van der Waals surface area contributed by atoms with Crippen molar-refractivity contribution < 1.29 is 27.5 Å². The fourth-order valence-electron chi connectivity index (χ4n) is 1.16. The first-order valence-electron chi connectivity index (χ1n) is 5.16. The van der Waals surface area contributed by atoms with E-state index in [-0.39, 0.29) is 6.79 Å². The van der Waals surface area contributed by atoms with Gasteiger partial charge in [0.05, 0.1) is 6.61 Å². The predicted molar refractivity (Wildman–Crippen MR) is 63.3 cm³/mol. The van der Waals surface area contributed by atoms with Gasteiger partial charge in [-0.15, -0.1) is 0 Å². The van der Waals surface area contributed by atoms with Crippen LogP contribution in [-0.2, 0) is 27.5 Å². The smallest absolute Gasteiger partial charge is 0.435 e. The molecule has 7 heteroatoms. The molecule has 0 aromatic heterocycles. The van der Waals surface area contributed by atoms with Gasteiger partial charge in [0.1, 0.15) is 0 Å². The van der Waals surface area contributed by atoms with E-state index in [9.17, 15) is 4.79 Å². The summed E-state index contributed by atoms with van der Waals surface area (Å²) in [7, 11) is 2.17. The highest BCUT2D eigenvalue weighted by Crippen LogP contribution is 2.14. The first-order valence-corrected chi connectivity index (χ1v) is 7.09. The SMILES string of the molecule is C=CC(=O)OCOCCC[Si](OC)(OC)OC. The van der Waals surface area contributed by atoms with Crippen LogP contribution in [0.3, 0.4) is 0 Å². The van der Waals surface area contributed by atoms with Crippen LogP contribution in [0.15, 0.2) is 12.7 Å². The van der Waals surface area contributed by atoms with Gasteiger partial charge in [-0.1, -0.05) is 6.58 Å². The third kappa shape index (κ3) is 6.54. The van der Waals surface area contributed by atoms with Crippen molar-refractivity contribution in [3.63, 3.8) is 0 Å². The molecule has 0 unspecified atom stereocenters. The third-order valence-electron chi connectivity index (χ3n) is 2.16. The molecule has 0 aliphatic carbocycles. The van der Waals surface area contributed by atoms with Crippen LogP contribution in [0.25, 0.3) is 0 Å². The highest BCUT2D eigenvalue weighted by molar-refractivity contribution is 6.60. The molecule has 0 saturated carbocycles. The third-order valence-corrected chi connectivity index (χ3v) is 4.99. The number of ether oxygens (including phenoxy) is 2. The van der Waals surface area contributed by atoms with E-state index in [0.29, 0.717) is 19.1 Å². The Kier molecular flexibility index (Phi) is 8.91. The fourth-order valence-corrected chi connectivity index (χ4v) is 2.85. The molecule has 17 heavy (non-hydrogen) atoms. The molecule has 0 aliphatic rings. The number of esters is 1. The quantitative estimate of drug-likeness (QED) is 0.192. The van der Waals surface area contributed by atoms with Crippen LogP contribution >= 0.6 is 0 Å². The lowest BCUT2D eigenvalue weighted by molar-refractivity contribution is -0.150. The van der Waals surface area contributed by atoms with Gasteiger partial charge >= 0.3 is 14.8 Å². The van der Waals surface area contributed by atoms with E-state index in [1.807, 2.05) is 0 Å². The lowest BCUT2D eigenvalue weighted by Gasteiger charge is -2.24. The minimum Gasteiger partial charge on any atom is -0.435 e. The van der Waals surface area contributed by atoms with Gasteiger partial charge in [-0.05, 0) is 6.42 Å². The average Bonchev–Trinajstić information content (AvgIpc) is 2.38. The summed E-state index contributed by atoms with van der Waals surface area (Å²) >= 11 is 0. The van der Waals surface area contributed by atoms with E-state index >= 15 is 0 Å². The summed E-state index contributed by atoms with van der Waals surface area (Å²) in [5.74, 6) is -0.501. The number of carbonyl (C=O) groups is 1. The molecule has 0 saturated heterocycles. The average molecular weight is 264 g/mol. The number of hydrogen-bond donors (Lipinski definition) is 0. The van der Waals surface area contributed by atoms with E-state index in [1.54, 1.807) is 21.3 Å². The predicted octanol–water partition coefficient (Wildman–Crippen LogP) is 0.958. The van der Waals surface area contributed by atoms with Gasteiger partial charge in [0.2, 0.25) is 0 Å². The van der Waals surface area contributed by atoms with Crippen LogP contribution in [0.5, 0.6) is 0 Å². The topological polar surface area (TPSA) is 63.2 Å². The Hall–Kier alpha value is -0.733. The molecule has 100 valence electrons. The maximum Gasteiger partial charge on any atom is 0.500 e. The van der Waals surface area contributed by atoms with Crippen LogP contribution in [0.4, 0.5) is 0 Å². The lowest BCUT2D eigenvalue weighted by atomic mass is 10.5. The zero-order valence-electron chi connectivity index (χ0n) is 10.6. The maximum absolute atomic E-state index is 10.7. The summed E-state index contributed by atoms with van der Waals surface area (Å²) < 4.78 is 25.5. The lowest BCUT2D eigenvalue weighted by Crippen LogP contribution is -2.42. The molecule has 0 aromatic rings. The zero-order valence-corrected chi connectivity index (χ0v) is 11.6. The van der Waals surface area contributed by atoms with Crippen molar-refractivity contribution >= 4 is 14.8 Å². The second kappa shape index (κ2) is 9.31. The van der Waals surface area contributed by atoms with Gasteiger partial charge in [0.25, 0.3) is 0 Å². The Morgan fingerprint density at radius 2 is 1.82 bits per heavy atom. The summed E-state index contributed by atoms with van der Waals surface area (Å²) in [5.41, 5.74) is 0. The molecule has 0 amide bonds. The standard InChI is InChI=1S/C10H20O6Si/c1-5-10(11)16-9-15-7-6-8-17(12-2,13-3)14-4/h5H,1,6-9H2,2-4H3. The summed E-state index contributed by atoms with van der Waals surface area (Å²) in [6.45, 7) is 3.63. The van der Waals surface area contributed by atoms with Gasteiger partial charge in [0.15, 0.2) is 6.79 Å². The summed E-state index contributed by atoms with van der Waals surface area (Å²) in [6.07, 6.45) is 1.79. The van der Waals surface area contributed by atoms with E-state index in [2.05, 4.69) is 11.3 Å².